The van der Waals surface area contributed by atoms with E-state index in [1.54, 1.807) is 0 Å². The zero-order valence-corrected chi connectivity index (χ0v) is 9.34. The van der Waals surface area contributed by atoms with Gasteiger partial charge in [-0.25, -0.2) is 0 Å². The van der Waals surface area contributed by atoms with Gasteiger partial charge in [-0.05, 0) is 25.7 Å². The van der Waals surface area contributed by atoms with E-state index in [0.717, 1.165) is 19.3 Å². The summed E-state index contributed by atoms with van der Waals surface area (Å²) in [5.41, 5.74) is 0. The van der Waals surface area contributed by atoms with Gasteiger partial charge in [-0.3, -0.25) is 0 Å². The van der Waals surface area contributed by atoms with E-state index in [1.807, 2.05) is 0 Å². The summed E-state index contributed by atoms with van der Waals surface area (Å²) in [6, 6.07) is 0. The topological polar surface area (TPSA) is 0 Å². The van der Waals surface area contributed by atoms with Crippen molar-refractivity contribution in [2.45, 2.75) is 51.9 Å². The first kappa shape index (κ1) is 13.0. The van der Waals surface area contributed by atoms with Crippen molar-refractivity contribution in [3.05, 3.63) is 24.3 Å². The SMILES string of the molecule is C#CCCCC/C=C/C=C/CCCC. The lowest BCUT2D eigenvalue weighted by Crippen LogP contribution is -1.71. The highest BCUT2D eigenvalue weighted by Crippen LogP contribution is 2.00. The van der Waals surface area contributed by atoms with Gasteiger partial charge in [-0.2, -0.15) is 0 Å². The predicted octanol–water partition coefficient (Wildman–Crippen LogP) is 4.48. The molecular weight excluding hydrogens is 168 g/mol. The first-order valence-corrected chi connectivity index (χ1v) is 5.67. The summed E-state index contributed by atoms with van der Waals surface area (Å²) < 4.78 is 0. The second-order valence-corrected chi connectivity index (χ2v) is 3.45. The Morgan fingerprint density at radius 2 is 1.64 bits per heavy atom. The second-order valence-electron chi connectivity index (χ2n) is 3.45. The maximum Gasteiger partial charge on any atom is 0.00861 e. The molecule has 0 bridgehead atoms. The van der Waals surface area contributed by atoms with Crippen LogP contribution in [0.3, 0.4) is 0 Å². The van der Waals surface area contributed by atoms with Crippen molar-refractivity contribution < 1.29 is 0 Å². The Morgan fingerprint density at radius 1 is 1.00 bits per heavy atom. The minimum absolute atomic E-state index is 0.917. The van der Waals surface area contributed by atoms with Crippen LogP contribution in [0.15, 0.2) is 24.3 Å². The molecule has 14 heavy (non-hydrogen) atoms. The first-order chi connectivity index (χ1) is 6.91. The molecule has 0 spiro atoms. The van der Waals surface area contributed by atoms with Crippen molar-refractivity contribution in [1.82, 2.24) is 0 Å². The largest absolute Gasteiger partial charge is 0.120 e. The van der Waals surface area contributed by atoms with Crippen LogP contribution in [0, 0.1) is 12.3 Å². The van der Waals surface area contributed by atoms with Crippen LogP contribution in [-0.4, -0.2) is 0 Å². The molecule has 0 aromatic rings. The molecule has 0 aliphatic heterocycles. The van der Waals surface area contributed by atoms with Crippen molar-refractivity contribution in [3.63, 3.8) is 0 Å². The first-order valence-electron chi connectivity index (χ1n) is 5.67. The van der Waals surface area contributed by atoms with Crippen LogP contribution in [0.5, 0.6) is 0 Å². The minimum atomic E-state index is 0.917. The Hall–Kier alpha value is -0.960. The third-order valence-corrected chi connectivity index (χ3v) is 2.05. The van der Waals surface area contributed by atoms with Crippen molar-refractivity contribution in [2.75, 3.05) is 0 Å². The van der Waals surface area contributed by atoms with E-state index >= 15 is 0 Å². The van der Waals surface area contributed by atoms with Gasteiger partial charge in [-0.1, -0.05) is 44.1 Å². The van der Waals surface area contributed by atoms with Crippen LogP contribution < -0.4 is 0 Å². The molecule has 0 saturated heterocycles. The van der Waals surface area contributed by atoms with Crippen LogP contribution >= 0.6 is 0 Å². The number of hydrogen-bond acceptors (Lipinski definition) is 0. The summed E-state index contributed by atoms with van der Waals surface area (Å²) in [5.74, 6) is 2.65. The maximum atomic E-state index is 5.16. The summed E-state index contributed by atoms with van der Waals surface area (Å²) in [6.45, 7) is 2.22. The van der Waals surface area contributed by atoms with E-state index in [0.29, 0.717) is 0 Å². The monoisotopic (exact) mass is 190 g/mol. The molecule has 0 aromatic carbocycles. The van der Waals surface area contributed by atoms with E-state index in [1.165, 1.54) is 25.7 Å². The molecule has 0 nitrogen and oxygen atoms in total. The smallest absolute Gasteiger partial charge is 0.00861 e. The lowest BCUT2D eigenvalue weighted by molar-refractivity contribution is 0.772. The van der Waals surface area contributed by atoms with Gasteiger partial charge in [0.2, 0.25) is 0 Å². The normalized spacial score (nSPS) is 11.1. The fraction of sp³-hybridized carbons (Fsp3) is 0.571. The van der Waals surface area contributed by atoms with Crippen LogP contribution in [0.25, 0.3) is 0 Å². The molecule has 0 aromatic heterocycles. The molecule has 0 heterocycles. The zero-order valence-electron chi connectivity index (χ0n) is 9.34. The lowest BCUT2D eigenvalue weighted by Gasteiger charge is -1.90. The standard InChI is InChI=1S/C14H22/c1-3-5-7-9-11-13-14-12-10-8-6-4-2/h1,10,12-14H,4-9,11H2,2H3/b12-10+,14-13+. The third kappa shape index (κ3) is 11.0. The molecule has 0 radical (unpaired) electrons. The van der Waals surface area contributed by atoms with E-state index < -0.39 is 0 Å². The van der Waals surface area contributed by atoms with Gasteiger partial charge in [0, 0.05) is 6.42 Å². The average molecular weight is 190 g/mol. The number of hydrogen-bond donors (Lipinski definition) is 0. The highest BCUT2D eigenvalue weighted by atomic mass is 13.9. The Labute approximate surface area is 89.1 Å². The molecule has 0 aliphatic carbocycles. The minimum Gasteiger partial charge on any atom is -0.120 e. The Balaban J connectivity index is 3.19. The molecule has 0 rings (SSSR count). The van der Waals surface area contributed by atoms with Crippen LogP contribution in [0.4, 0.5) is 0 Å². The van der Waals surface area contributed by atoms with Crippen LogP contribution in [0.2, 0.25) is 0 Å². The molecule has 0 heteroatoms. The van der Waals surface area contributed by atoms with Gasteiger partial charge in [0.1, 0.15) is 0 Å². The molecule has 0 unspecified atom stereocenters. The molecule has 0 amide bonds. The summed E-state index contributed by atoms with van der Waals surface area (Å²) in [7, 11) is 0. The van der Waals surface area contributed by atoms with Gasteiger partial charge in [0.05, 0.1) is 0 Å². The van der Waals surface area contributed by atoms with Gasteiger partial charge in [0.15, 0.2) is 0 Å². The second kappa shape index (κ2) is 12.0. The Morgan fingerprint density at radius 3 is 2.21 bits per heavy atom. The van der Waals surface area contributed by atoms with Crippen molar-refractivity contribution in [1.29, 1.82) is 0 Å². The van der Waals surface area contributed by atoms with Gasteiger partial charge in [-0.15, -0.1) is 12.3 Å². The van der Waals surface area contributed by atoms with Crippen LogP contribution in [-0.2, 0) is 0 Å². The van der Waals surface area contributed by atoms with E-state index in [9.17, 15) is 0 Å². The van der Waals surface area contributed by atoms with E-state index in [2.05, 4.69) is 37.1 Å². The molecule has 78 valence electrons. The van der Waals surface area contributed by atoms with Gasteiger partial charge in [0.25, 0.3) is 0 Å². The van der Waals surface area contributed by atoms with Crippen molar-refractivity contribution in [2.24, 2.45) is 0 Å². The third-order valence-electron chi connectivity index (χ3n) is 2.05. The maximum absolute atomic E-state index is 5.16. The predicted molar refractivity (Wildman–Crippen MR) is 65.1 cm³/mol. The number of rotatable bonds is 8. The summed E-state index contributed by atoms with van der Waals surface area (Å²) in [4.78, 5) is 0. The fourth-order valence-electron chi connectivity index (χ4n) is 1.16. The highest BCUT2D eigenvalue weighted by molar-refractivity contribution is 5.02. The van der Waals surface area contributed by atoms with E-state index in [-0.39, 0.29) is 0 Å². The molecular formula is C14H22. The molecule has 0 fully saturated rings. The summed E-state index contributed by atoms with van der Waals surface area (Å²) >= 11 is 0. The quantitative estimate of drug-likeness (QED) is 0.301. The molecule has 0 aliphatic rings. The number of allylic oxidation sites excluding steroid dienone is 4. The number of terminal acetylenes is 1. The van der Waals surface area contributed by atoms with Crippen LogP contribution in [0.1, 0.15) is 51.9 Å². The fourth-order valence-corrected chi connectivity index (χ4v) is 1.16. The molecule has 0 atom stereocenters. The summed E-state index contributed by atoms with van der Waals surface area (Å²) in [5, 5.41) is 0. The lowest BCUT2D eigenvalue weighted by atomic mass is 10.2. The number of unbranched alkanes of at least 4 members (excludes halogenated alkanes) is 5. The Kier molecular flexibility index (Phi) is 11.2. The summed E-state index contributed by atoms with van der Waals surface area (Å²) in [6.07, 6.45) is 22.1. The van der Waals surface area contributed by atoms with Crippen molar-refractivity contribution in [3.8, 4) is 12.3 Å². The highest BCUT2D eigenvalue weighted by Gasteiger charge is 1.81. The van der Waals surface area contributed by atoms with Crippen molar-refractivity contribution >= 4 is 0 Å². The average Bonchev–Trinajstić information content (AvgIpc) is 2.21. The van der Waals surface area contributed by atoms with Gasteiger partial charge < -0.3 is 0 Å². The van der Waals surface area contributed by atoms with Gasteiger partial charge >= 0.3 is 0 Å². The molecule has 0 N–H and O–H groups in total. The Bertz CT molecular complexity index is 191. The zero-order chi connectivity index (χ0) is 10.5. The molecule has 0 saturated carbocycles. The van der Waals surface area contributed by atoms with E-state index in [4.69, 9.17) is 6.42 Å².